The molecule has 1 aliphatic heterocycles. The third-order valence-electron chi connectivity index (χ3n) is 3.85. The number of amides is 1. The van der Waals surface area contributed by atoms with Crippen molar-refractivity contribution in [2.75, 3.05) is 13.1 Å². The van der Waals surface area contributed by atoms with Gasteiger partial charge in [-0.1, -0.05) is 18.5 Å². The molecule has 1 aromatic heterocycles. The fraction of sp³-hybridized carbons (Fsp3) is 0.643. The number of likely N-dealkylation sites (tertiary alicyclic amines) is 1. The Morgan fingerprint density at radius 3 is 2.79 bits per heavy atom. The molecule has 5 heteroatoms. The minimum absolute atomic E-state index is 0.0550. The molecule has 1 amide bonds. The van der Waals surface area contributed by atoms with Gasteiger partial charge in [0.05, 0.1) is 5.02 Å². The van der Waals surface area contributed by atoms with E-state index in [-0.39, 0.29) is 18.0 Å². The quantitative estimate of drug-likeness (QED) is 0.907. The van der Waals surface area contributed by atoms with Crippen LogP contribution in [0.15, 0.2) is 12.3 Å². The zero-order valence-electron chi connectivity index (χ0n) is 11.8. The standard InChI is InChI=1S/C14H22ClN3O/c1-9(2)18-8-11(15)6-13(18)14(19)17-5-4-12(16)10(3)7-17/h6,8-10,12H,4-5,7,16H2,1-3H3. The molecule has 0 radical (unpaired) electrons. The Morgan fingerprint density at radius 2 is 2.21 bits per heavy atom. The van der Waals surface area contributed by atoms with Crippen molar-refractivity contribution in [1.29, 1.82) is 0 Å². The first-order valence-corrected chi connectivity index (χ1v) is 7.20. The van der Waals surface area contributed by atoms with Crippen LogP contribution in [0.2, 0.25) is 5.02 Å². The second kappa shape index (κ2) is 5.55. The van der Waals surface area contributed by atoms with Crippen molar-refractivity contribution in [2.24, 2.45) is 11.7 Å². The summed E-state index contributed by atoms with van der Waals surface area (Å²) in [7, 11) is 0. The lowest BCUT2D eigenvalue weighted by Gasteiger charge is -2.35. The summed E-state index contributed by atoms with van der Waals surface area (Å²) in [6, 6.07) is 2.17. The van der Waals surface area contributed by atoms with E-state index in [0.29, 0.717) is 16.6 Å². The maximum atomic E-state index is 12.6. The second-order valence-electron chi connectivity index (χ2n) is 5.73. The molecule has 106 valence electrons. The van der Waals surface area contributed by atoms with Crippen LogP contribution in [0.1, 0.15) is 43.7 Å². The molecule has 1 aromatic rings. The minimum atomic E-state index is 0.0550. The van der Waals surface area contributed by atoms with Crippen molar-refractivity contribution in [2.45, 2.75) is 39.3 Å². The third-order valence-corrected chi connectivity index (χ3v) is 4.06. The Morgan fingerprint density at radius 1 is 1.53 bits per heavy atom. The summed E-state index contributed by atoms with van der Waals surface area (Å²) >= 11 is 6.03. The molecule has 0 aliphatic carbocycles. The molecule has 1 fully saturated rings. The summed E-state index contributed by atoms with van der Waals surface area (Å²) in [5.41, 5.74) is 6.67. The molecule has 2 rings (SSSR count). The van der Waals surface area contributed by atoms with Crippen molar-refractivity contribution in [3.8, 4) is 0 Å². The zero-order chi connectivity index (χ0) is 14.2. The van der Waals surface area contributed by atoms with Crippen LogP contribution in [0, 0.1) is 5.92 Å². The van der Waals surface area contributed by atoms with E-state index in [1.54, 1.807) is 6.07 Å². The fourth-order valence-electron chi connectivity index (χ4n) is 2.55. The predicted octanol–water partition coefficient (Wildman–Crippen LogP) is 2.53. The largest absolute Gasteiger partial charge is 0.339 e. The molecule has 2 N–H and O–H groups in total. The predicted molar refractivity (Wildman–Crippen MR) is 77.5 cm³/mol. The van der Waals surface area contributed by atoms with Gasteiger partial charge in [0.25, 0.3) is 5.91 Å². The molecule has 2 atom stereocenters. The first kappa shape index (κ1) is 14.4. The maximum Gasteiger partial charge on any atom is 0.270 e. The molecular formula is C14H22ClN3O. The van der Waals surface area contributed by atoms with Crippen LogP contribution in [-0.4, -0.2) is 34.5 Å². The number of aromatic nitrogens is 1. The van der Waals surface area contributed by atoms with Crippen molar-refractivity contribution < 1.29 is 4.79 Å². The molecule has 0 bridgehead atoms. The number of hydrogen-bond donors (Lipinski definition) is 1. The average molecular weight is 284 g/mol. The van der Waals surface area contributed by atoms with Gasteiger partial charge in [0.15, 0.2) is 0 Å². The third kappa shape index (κ3) is 2.95. The lowest BCUT2D eigenvalue weighted by molar-refractivity contribution is 0.0651. The summed E-state index contributed by atoms with van der Waals surface area (Å²) in [5, 5.41) is 0.610. The molecule has 1 saturated heterocycles. The van der Waals surface area contributed by atoms with Crippen LogP contribution >= 0.6 is 11.6 Å². The van der Waals surface area contributed by atoms with Gasteiger partial charge >= 0.3 is 0 Å². The average Bonchev–Trinajstić information content (AvgIpc) is 2.74. The van der Waals surface area contributed by atoms with Crippen LogP contribution in [-0.2, 0) is 0 Å². The van der Waals surface area contributed by atoms with Gasteiger partial charge in [-0.2, -0.15) is 0 Å². The molecule has 0 spiro atoms. The fourth-order valence-corrected chi connectivity index (χ4v) is 2.76. The highest BCUT2D eigenvalue weighted by Crippen LogP contribution is 2.23. The number of carbonyl (C=O) groups excluding carboxylic acids is 1. The van der Waals surface area contributed by atoms with Crippen molar-refractivity contribution in [3.63, 3.8) is 0 Å². The van der Waals surface area contributed by atoms with Crippen LogP contribution in [0.25, 0.3) is 0 Å². The molecular weight excluding hydrogens is 262 g/mol. The lowest BCUT2D eigenvalue weighted by atomic mass is 9.94. The van der Waals surface area contributed by atoms with E-state index >= 15 is 0 Å². The molecule has 1 aliphatic rings. The van der Waals surface area contributed by atoms with E-state index in [1.807, 2.05) is 29.5 Å². The summed E-state index contributed by atoms with van der Waals surface area (Å²) in [6.07, 6.45) is 2.68. The number of nitrogens with two attached hydrogens (primary N) is 1. The summed E-state index contributed by atoms with van der Waals surface area (Å²) in [4.78, 5) is 14.5. The minimum Gasteiger partial charge on any atom is -0.339 e. The Balaban J connectivity index is 2.20. The molecule has 19 heavy (non-hydrogen) atoms. The Hall–Kier alpha value is -1.00. The Bertz CT molecular complexity index is 469. The van der Waals surface area contributed by atoms with Crippen LogP contribution < -0.4 is 5.73 Å². The van der Waals surface area contributed by atoms with Gasteiger partial charge in [0.1, 0.15) is 5.69 Å². The monoisotopic (exact) mass is 283 g/mol. The first-order valence-electron chi connectivity index (χ1n) is 6.82. The SMILES string of the molecule is CC1CN(C(=O)c2cc(Cl)cn2C(C)C)CCC1N. The number of hydrogen-bond acceptors (Lipinski definition) is 2. The molecule has 2 unspecified atom stereocenters. The van der Waals surface area contributed by atoms with Crippen LogP contribution in [0.4, 0.5) is 0 Å². The summed E-state index contributed by atoms with van der Waals surface area (Å²) < 4.78 is 1.93. The first-order chi connectivity index (χ1) is 8.90. The van der Waals surface area contributed by atoms with Gasteiger partial charge in [-0.3, -0.25) is 4.79 Å². The molecule has 2 heterocycles. The second-order valence-corrected chi connectivity index (χ2v) is 6.16. The van der Waals surface area contributed by atoms with Gasteiger partial charge in [0.2, 0.25) is 0 Å². The molecule has 0 saturated carbocycles. The van der Waals surface area contributed by atoms with Gasteiger partial charge < -0.3 is 15.2 Å². The Labute approximate surface area is 119 Å². The van der Waals surface area contributed by atoms with E-state index < -0.39 is 0 Å². The van der Waals surface area contributed by atoms with E-state index in [0.717, 1.165) is 19.5 Å². The highest BCUT2D eigenvalue weighted by atomic mass is 35.5. The van der Waals surface area contributed by atoms with Gasteiger partial charge in [-0.15, -0.1) is 0 Å². The van der Waals surface area contributed by atoms with E-state index in [2.05, 4.69) is 6.92 Å². The lowest BCUT2D eigenvalue weighted by Crippen LogP contribution is -2.48. The highest BCUT2D eigenvalue weighted by molar-refractivity contribution is 6.31. The summed E-state index contributed by atoms with van der Waals surface area (Å²) in [6.45, 7) is 7.63. The van der Waals surface area contributed by atoms with Crippen molar-refractivity contribution in [1.82, 2.24) is 9.47 Å². The number of carbonyl (C=O) groups is 1. The van der Waals surface area contributed by atoms with Gasteiger partial charge in [-0.25, -0.2) is 0 Å². The van der Waals surface area contributed by atoms with Crippen LogP contribution in [0.5, 0.6) is 0 Å². The number of nitrogens with zero attached hydrogens (tertiary/aromatic N) is 2. The van der Waals surface area contributed by atoms with Gasteiger partial charge in [-0.05, 0) is 32.3 Å². The van der Waals surface area contributed by atoms with E-state index in [1.165, 1.54) is 0 Å². The zero-order valence-corrected chi connectivity index (χ0v) is 12.5. The maximum absolute atomic E-state index is 12.6. The van der Waals surface area contributed by atoms with Crippen molar-refractivity contribution >= 4 is 17.5 Å². The van der Waals surface area contributed by atoms with E-state index in [4.69, 9.17) is 17.3 Å². The number of halogens is 1. The smallest absolute Gasteiger partial charge is 0.270 e. The topological polar surface area (TPSA) is 51.3 Å². The normalized spacial score (nSPS) is 24.0. The van der Waals surface area contributed by atoms with Crippen molar-refractivity contribution in [3.05, 3.63) is 23.0 Å². The van der Waals surface area contributed by atoms with Gasteiger partial charge in [0, 0.05) is 31.4 Å². The highest BCUT2D eigenvalue weighted by Gasteiger charge is 2.28. The molecule has 4 nitrogen and oxygen atoms in total. The number of piperidine rings is 1. The Kier molecular flexibility index (Phi) is 4.21. The van der Waals surface area contributed by atoms with E-state index in [9.17, 15) is 4.79 Å². The summed E-state index contributed by atoms with van der Waals surface area (Å²) in [5.74, 6) is 0.398. The van der Waals surface area contributed by atoms with Crippen LogP contribution in [0.3, 0.4) is 0 Å². The molecule has 0 aromatic carbocycles. The number of rotatable bonds is 2.